The van der Waals surface area contributed by atoms with E-state index in [1.165, 1.54) is 4.90 Å². The van der Waals surface area contributed by atoms with Crippen LogP contribution in [0.1, 0.15) is 16.7 Å². The summed E-state index contributed by atoms with van der Waals surface area (Å²) in [5.74, 6) is 0. The Balaban J connectivity index is 1.90. The van der Waals surface area contributed by atoms with Gasteiger partial charge in [-0.25, -0.2) is 4.79 Å². The zero-order chi connectivity index (χ0) is 20.3. The molecule has 1 heterocycles. The third-order valence-corrected chi connectivity index (χ3v) is 4.85. The highest BCUT2D eigenvalue weighted by Crippen LogP contribution is 2.22. The number of halogens is 1. The van der Waals surface area contributed by atoms with E-state index in [1.54, 1.807) is 30.3 Å². The Labute approximate surface area is 167 Å². The van der Waals surface area contributed by atoms with Crippen LogP contribution in [0.15, 0.2) is 47.3 Å². The van der Waals surface area contributed by atoms with Crippen LogP contribution in [-0.2, 0) is 6.54 Å². The van der Waals surface area contributed by atoms with Crippen molar-refractivity contribution in [2.24, 2.45) is 0 Å². The van der Waals surface area contributed by atoms with Crippen molar-refractivity contribution < 1.29 is 9.90 Å². The second-order valence-corrected chi connectivity index (χ2v) is 7.13. The van der Waals surface area contributed by atoms with Gasteiger partial charge in [0.2, 0.25) is 0 Å². The first-order chi connectivity index (χ1) is 13.4. The monoisotopic (exact) mass is 399 g/mol. The van der Waals surface area contributed by atoms with Gasteiger partial charge < -0.3 is 20.3 Å². The van der Waals surface area contributed by atoms with E-state index < -0.39 is 6.03 Å². The molecule has 3 aromatic rings. The number of anilines is 1. The first kappa shape index (κ1) is 19.9. The van der Waals surface area contributed by atoms with Crippen LogP contribution in [0.4, 0.5) is 10.5 Å². The van der Waals surface area contributed by atoms with Crippen molar-refractivity contribution in [3.05, 3.63) is 74.5 Å². The predicted molar refractivity (Wildman–Crippen MR) is 112 cm³/mol. The predicted octanol–water partition coefficient (Wildman–Crippen LogP) is 3.82. The molecule has 146 valence electrons. The number of nitrogens with zero attached hydrogens (tertiary/aromatic N) is 1. The average molecular weight is 400 g/mol. The fourth-order valence-electron chi connectivity index (χ4n) is 3.17. The summed E-state index contributed by atoms with van der Waals surface area (Å²) < 4.78 is 0. The topological polar surface area (TPSA) is 85.4 Å². The summed E-state index contributed by atoms with van der Waals surface area (Å²) in [6.07, 6.45) is 0. The van der Waals surface area contributed by atoms with E-state index in [9.17, 15) is 14.7 Å². The molecule has 7 heteroatoms. The standard InChI is InChI=1S/C21H22ClN3O3/c1-13-9-14(2)16-11-15(20(27)23-19(16)10-13)12-25(7-8-26)21(28)24-18-6-4-3-5-17(18)22/h3-6,9-11,26H,7-8,12H2,1-2H3,(H,23,27)(H,24,28). The van der Waals surface area contributed by atoms with Gasteiger partial charge in [0.1, 0.15) is 0 Å². The largest absolute Gasteiger partial charge is 0.395 e. The van der Waals surface area contributed by atoms with Gasteiger partial charge in [-0.1, -0.05) is 29.8 Å². The van der Waals surface area contributed by atoms with E-state index in [2.05, 4.69) is 10.3 Å². The first-order valence-corrected chi connectivity index (χ1v) is 9.31. The van der Waals surface area contributed by atoms with Gasteiger partial charge in [0.15, 0.2) is 0 Å². The molecular formula is C21H22ClN3O3. The minimum atomic E-state index is -0.442. The number of amides is 2. The molecule has 2 aromatic carbocycles. The highest BCUT2D eigenvalue weighted by Gasteiger charge is 2.17. The number of aliphatic hydroxyl groups is 1. The highest BCUT2D eigenvalue weighted by molar-refractivity contribution is 6.33. The quantitative estimate of drug-likeness (QED) is 0.609. The molecule has 6 nitrogen and oxygen atoms in total. The number of aryl methyl sites for hydroxylation is 2. The lowest BCUT2D eigenvalue weighted by atomic mass is 10.0. The molecule has 0 aliphatic carbocycles. The van der Waals surface area contributed by atoms with Gasteiger partial charge in [0.25, 0.3) is 5.56 Å². The zero-order valence-electron chi connectivity index (χ0n) is 15.8. The lowest BCUT2D eigenvalue weighted by Crippen LogP contribution is -2.38. The number of aliphatic hydroxyl groups excluding tert-OH is 1. The Morgan fingerprint density at radius 2 is 1.96 bits per heavy atom. The molecular weight excluding hydrogens is 378 g/mol. The lowest BCUT2D eigenvalue weighted by Gasteiger charge is -2.22. The number of carbonyl (C=O) groups excluding carboxylic acids is 1. The number of aromatic nitrogens is 1. The van der Waals surface area contributed by atoms with Crippen molar-refractivity contribution in [1.29, 1.82) is 0 Å². The van der Waals surface area contributed by atoms with Gasteiger partial charge in [0, 0.05) is 23.0 Å². The van der Waals surface area contributed by atoms with Crippen LogP contribution >= 0.6 is 11.6 Å². The molecule has 0 fully saturated rings. The third kappa shape index (κ3) is 4.35. The van der Waals surface area contributed by atoms with Crippen LogP contribution in [0.2, 0.25) is 5.02 Å². The van der Waals surface area contributed by atoms with E-state index in [1.807, 2.05) is 26.0 Å². The first-order valence-electron chi connectivity index (χ1n) is 8.93. The third-order valence-electron chi connectivity index (χ3n) is 4.52. The maximum atomic E-state index is 12.7. The Morgan fingerprint density at radius 3 is 2.68 bits per heavy atom. The number of pyridine rings is 1. The van der Waals surface area contributed by atoms with Crippen LogP contribution in [0.25, 0.3) is 10.9 Å². The van der Waals surface area contributed by atoms with Gasteiger partial charge in [-0.05, 0) is 49.2 Å². The van der Waals surface area contributed by atoms with Crippen molar-refractivity contribution in [2.75, 3.05) is 18.5 Å². The van der Waals surface area contributed by atoms with Gasteiger partial charge >= 0.3 is 6.03 Å². The number of urea groups is 1. The Hall–Kier alpha value is -2.83. The number of hydrogen-bond acceptors (Lipinski definition) is 3. The molecule has 3 N–H and O–H groups in total. The highest BCUT2D eigenvalue weighted by atomic mass is 35.5. The summed E-state index contributed by atoms with van der Waals surface area (Å²) in [6, 6.07) is 12.2. The average Bonchev–Trinajstić information content (AvgIpc) is 2.64. The molecule has 0 unspecified atom stereocenters. The second kappa shape index (κ2) is 8.46. The summed E-state index contributed by atoms with van der Waals surface area (Å²) in [6.45, 7) is 3.88. The van der Waals surface area contributed by atoms with Gasteiger partial charge in [-0.15, -0.1) is 0 Å². The Bertz CT molecular complexity index is 1080. The number of nitrogens with one attached hydrogen (secondary N) is 2. The van der Waals surface area contributed by atoms with Crippen LogP contribution < -0.4 is 10.9 Å². The Kier molecular flexibility index (Phi) is 6.02. The minimum Gasteiger partial charge on any atom is -0.395 e. The van der Waals surface area contributed by atoms with Crippen molar-refractivity contribution >= 4 is 34.2 Å². The summed E-state index contributed by atoms with van der Waals surface area (Å²) in [5, 5.41) is 13.4. The van der Waals surface area contributed by atoms with Crippen LogP contribution in [0, 0.1) is 13.8 Å². The number of H-pyrrole nitrogens is 1. The van der Waals surface area contributed by atoms with Crippen LogP contribution in [-0.4, -0.2) is 34.2 Å². The normalized spacial score (nSPS) is 10.9. The molecule has 0 saturated heterocycles. The molecule has 2 amide bonds. The number of para-hydroxylation sites is 1. The molecule has 0 aliphatic rings. The maximum absolute atomic E-state index is 12.7. The van der Waals surface area contributed by atoms with Gasteiger partial charge in [-0.2, -0.15) is 0 Å². The van der Waals surface area contributed by atoms with Gasteiger partial charge in [-0.3, -0.25) is 4.79 Å². The zero-order valence-corrected chi connectivity index (χ0v) is 16.5. The number of hydrogen-bond donors (Lipinski definition) is 3. The second-order valence-electron chi connectivity index (χ2n) is 6.72. The van der Waals surface area contributed by atoms with Crippen molar-refractivity contribution in [3.63, 3.8) is 0 Å². The van der Waals surface area contributed by atoms with E-state index >= 15 is 0 Å². The number of rotatable bonds is 5. The summed E-state index contributed by atoms with van der Waals surface area (Å²) in [7, 11) is 0. The smallest absolute Gasteiger partial charge is 0.322 e. The van der Waals surface area contributed by atoms with E-state index in [-0.39, 0.29) is 25.3 Å². The van der Waals surface area contributed by atoms with Crippen molar-refractivity contribution in [3.8, 4) is 0 Å². The number of aromatic amines is 1. The molecule has 0 radical (unpaired) electrons. The van der Waals surface area contributed by atoms with Gasteiger partial charge in [0.05, 0.1) is 23.9 Å². The number of carbonyl (C=O) groups is 1. The molecule has 3 rings (SSSR count). The van der Waals surface area contributed by atoms with E-state index in [0.29, 0.717) is 16.3 Å². The fourth-order valence-corrected chi connectivity index (χ4v) is 3.35. The summed E-state index contributed by atoms with van der Waals surface area (Å²) >= 11 is 6.09. The molecule has 0 saturated carbocycles. The maximum Gasteiger partial charge on any atom is 0.322 e. The minimum absolute atomic E-state index is 0.0649. The molecule has 0 bridgehead atoms. The molecule has 28 heavy (non-hydrogen) atoms. The molecule has 1 aromatic heterocycles. The van der Waals surface area contributed by atoms with E-state index in [4.69, 9.17) is 11.6 Å². The summed E-state index contributed by atoms with van der Waals surface area (Å²) in [5.41, 5.74) is 3.53. The lowest BCUT2D eigenvalue weighted by molar-refractivity contribution is 0.185. The van der Waals surface area contributed by atoms with Crippen LogP contribution in [0.3, 0.4) is 0 Å². The SMILES string of the molecule is Cc1cc(C)c2cc(CN(CCO)C(=O)Nc3ccccc3Cl)c(=O)[nH]c2c1. The fraction of sp³-hybridized carbons (Fsp3) is 0.238. The van der Waals surface area contributed by atoms with E-state index in [0.717, 1.165) is 22.0 Å². The summed E-state index contributed by atoms with van der Waals surface area (Å²) in [4.78, 5) is 29.5. The van der Waals surface area contributed by atoms with Crippen LogP contribution in [0.5, 0.6) is 0 Å². The molecule has 0 aliphatic heterocycles. The number of benzene rings is 2. The molecule has 0 atom stereocenters. The molecule has 0 spiro atoms. The van der Waals surface area contributed by atoms with Crippen molar-refractivity contribution in [1.82, 2.24) is 9.88 Å². The number of fused-ring (bicyclic) bond motifs is 1. The Morgan fingerprint density at radius 1 is 1.21 bits per heavy atom. The van der Waals surface area contributed by atoms with Crippen molar-refractivity contribution in [2.45, 2.75) is 20.4 Å².